The molecule has 0 atom stereocenters. The second-order valence-electron chi connectivity index (χ2n) is 8.83. The molecule has 1 aromatic rings. The molecule has 3 fully saturated rings. The minimum Gasteiger partial charge on any atom is -0.480 e. The van der Waals surface area contributed by atoms with Crippen LogP contribution in [0, 0.1) is 11.7 Å². The van der Waals surface area contributed by atoms with Crippen molar-refractivity contribution in [2.24, 2.45) is 5.92 Å². The maximum atomic E-state index is 14.5. The lowest BCUT2D eigenvalue weighted by Gasteiger charge is -2.44. The first-order chi connectivity index (χ1) is 13.5. The molecule has 2 N–H and O–H groups in total. The van der Waals surface area contributed by atoms with E-state index in [1.165, 1.54) is 18.9 Å². The van der Waals surface area contributed by atoms with Crippen LogP contribution < -0.4 is 5.32 Å². The Bertz CT molecular complexity index is 737. The summed E-state index contributed by atoms with van der Waals surface area (Å²) < 4.78 is 14.5. The van der Waals surface area contributed by atoms with E-state index in [0.29, 0.717) is 24.3 Å². The first kappa shape index (κ1) is 19.4. The number of nitrogens with one attached hydrogen (secondary N) is 1. The Labute approximate surface area is 165 Å². The molecule has 0 heterocycles. The van der Waals surface area contributed by atoms with Crippen molar-refractivity contribution in [1.29, 1.82) is 0 Å². The lowest BCUT2D eigenvalue weighted by molar-refractivity contribution is -0.140. The highest BCUT2D eigenvalue weighted by Gasteiger charge is 2.46. The van der Waals surface area contributed by atoms with Crippen LogP contribution >= 0.6 is 0 Å². The molecule has 5 nitrogen and oxygen atoms in total. The van der Waals surface area contributed by atoms with E-state index in [4.69, 9.17) is 0 Å². The second-order valence-corrected chi connectivity index (χ2v) is 8.83. The fourth-order valence-corrected chi connectivity index (χ4v) is 4.92. The molecule has 0 spiro atoms. The number of benzene rings is 1. The average molecular weight is 388 g/mol. The van der Waals surface area contributed by atoms with E-state index in [1.807, 2.05) is 0 Å². The first-order valence-electron chi connectivity index (χ1n) is 10.5. The Morgan fingerprint density at radius 1 is 1.18 bits per heavy atom. The number of amides is 1. The van der Waals surface area contributed by atoms with Crippen molar-refractivity contribution in [1.82, 2.24) is 10.2 Å². The lowest BCUT2D eigenvalue weighted by Crippen LogP contribution is -2.57. The Kier molecular flexibility index (Phi) is 5.41. The summed E-state index contributed by atoms with van der Waals surface area (Å²) in [5.41, 5.74) is -0.243. The quantitative estimate of drug-likeness (QED) is 0.718. The molecule has 0 radical (unpaired) electrons. The summed E-state index contributed by atoms with van der Waals surface area (Å²) in [6, 6.07) is 6.91. The van der Waals surface area contributed by atoms with E-state index in [2.05, 4.69) is 10.2 Å². The van der Waals surface area contributed by atoms with E-state index in [-0.39, 0.29) is 30.4 Å². The number of nitrogens with zero attached hydrogens (tertiary/aromatic N) is 1. The number of hydrogen-bond donors (Lipinski definition) is 2. The lowest BCUT2D eigenvalue weighted by atomic mass is 9.76. The molecule has 152 valence electrons. The van der Waals surface area contributed by atoms with Crippen molar-refractivity contribution < 1.29 is 19.1 Å². The fraction of sp³-hybridized carbons (Fsp3) is 0.636. The molecular weight excluding hydrogens is 359 g/mol. The van der Waals surface area contributed by atoms with Crippen molar-refractivity contribution in [3.05, 3.63) is 35.6 Å². The van der Waals surface area contributed by atoms with Crippen LogP contribution in [0.4, 0.5) is 4.39 Å². The molecule has 4 rings (SSSR count). The van der Waals surface area contributed by atoms with Crippen LogP contribution in [0.1, 0.15) is 56.9 Å². The van der Waals surface area contributed by atoms with E-state index >= 15 is 0 Å². The molecule has 3 aliphatic rings. The van der Waals surface area contributed by atoms with Gasteiger partial charge in [-0.25, -0.2) is 4.39 Å². The third kappa shape index (κ3) is 3.93. The summed E-state index contributed by atoms with van der Waals surface area (Å²) >= 11 is 0. The van der Waals surface area contributed by atoms with E-state index < -0.39 is 11.4 Å². The predicted octanol–water partition coefficient (Wildman–Crippen LogP) is 3.08. The van der Waals surface area contributed by atoms with Crippen LogP contribution in [-0.4, -0.2) is 47.1 Å². The van der Waals surface area contributed by atoms with Crippen molar-refractivity contribution in [2.45, 2.75) is 68.9 Å². The zero-order chi connectivity index (χ0) is 19.7. The van der Waals surface area contributed by atoms with Crippen LogP contribution in [0.25, 0.3) is 0 Å². The number of rotatable bonds is 8. The van der Waals surface area contributed by atoms with Crippen LogP contribution in [0.5, 0.6) is 0 Å². The summed E-state index contributed by atoms with van der Waals surface area (Å²) in [6.45, 7) is 0.914. The topological polar surface area (TPSA) is 69.6 Å². The minimum atomic E-state index is -0.794. The van der Waals surface area contributed by atoms with Crippen molar-refractivity contribution >= 4 is 11.9 Å². The van der Waals surface area contributed by atoms with Crippen molar-refractivity contribution in [3.8, 4) is 0 Å². The SMILES string of the molecule is O=C(O)CN(CC1CC1)C1CC(NC(=O)C2(c3ccccc3F)CCCC2)C1. The number of aliphatic carboxylic acids is 1. The molecule has 0 saturated heterocycles. The highest BCUT2D eigenvalue weighted by atomic mass is 19.1. The smallest absolute Gasteiger partial charge is 0.317 e. The monoisotopic (exact) mass is 388 g/mol. The molecule has 6 heteroatoms. The van der Waals surface area contributed by atoms with Crippen LogP contribution in [0.15, 0.2) is 24.3 Å². The van der Waals surface area contributed by atoms with E-state index in [1.54, 1.807) is 18.2 Å². The summed E-state index contributed by atoms with van der Waals surface area (Å²) in [5.74, 6) is -0.526. The third-order valence-corrected chi connectivity index (χ3v) is 6.77. The van der Waals surface area contributed by atoms with Gasteiger partial charge in [0.25, 0.3) is 0 Å². The largest absolute Gasteiger partial charge is 0.480 e. The number of carbonyl (C=O) groups excluding carboxylic acids is 1. The zero-order valence-corrected chi connectivity index (χ0v) is 16.2. The molecule has 0 bridgehead atoms. The van der Waals surface area contributed by atoms with Gasteiger partial charge in [-0.3, -0.25) is 14.5 Å². The molecule has 0 aliphatic heterocycles. The summed E-state index contributed by atoms with van der Waals surface area (Å²) in [6.07, 6.45) is 7.16. The molecule has 1 amide bonds. The van der Waals surface area contributed by atoms with Gasteiger partial charge < -0.3 is 10.4 Å². The minimum absolute atomic E-state index is 0.0530. The van der Waals surface area contributed by atoms with Gasteiger partial charge in [-0.05, 0) is 50.5 Å². The van der Waals surface area contributed by atoms with Gasteiger partial charge in [0, 0.05) is 24.2 Å². The van der Waals surface area contributed by atoms with Gasteiger partial charge in [0.1, 0.15) is 5.82 Å². The van der Waals surface area contributed by atoms with E-state index in [0.717, 1.165) is 32.2 Å². The molecular formula is C22H29FN2O3. The van der Waals surface area contributed by atoms with Crippen LogP contribution in [0.2, 0.25) is 0 Å². The highest BCUT2D eigenvalue weighted by molar-refractivity contribution is 5.89. The summed E-state index contributed by atoms with van der Waals surface area (Å²) in [4.78, 5) is 26.4. The molecule has 28 heavy (non-hydrogen) atoms. The van der Waals surface area contributed by atoms with Gasteiger partial charge in [0.2, 0.25) is 5.91 Å². The first-order valence-corrected chi connectivity index (χ1v) is 10.5. The molecule has 3 saturated carbocycles. The molecule has 0 aromatic heterocycles. The maximum Gasteiger partial charge on any atom is 0.317 e. The van der Waals surface area contributed by atoms with Crippen molar-refractivity contribution in [2.75, 3.05) is 13.1 Å². The van der Waals surface area contributed by atoms with E-state index in [9.17, 15) is 19.1 Å². The highest BCUT2D eigenvalue weighted by Crippen LogP contribution is 2.43. The average Bonchev–Trinajstić information content (AvgIpc) is 3.29. The van der Waals surface area contributed by atoms with Gasteiger partial charge in [-0.2, -0.15) is 0 Å². The van der Waals surface area contributed by atoms with Crippen molar-refractivity contribution in [3.63, 3.8) is 0 Å². The number of carboxylic acids is 1. The summed E-state index contributed by atoms with van der Waals surface area (Å²) in [5, 5.41) is 12.3. The third-order valence-electron chi connectivity index (χ3n) is 6.77. The molecule has 0 unspecified atom stereocenters. The predicted molar refractivity (Wildman–Crippen MR) is 103 cm³/mol. The second kappa shape index (κ2) is 7.82. The normalized spacial score (nSPS) is 26.1. The molecule has 1 aromatic carbocycles. The Hall–Kier alpha value is -1.95. The van der Waals surface area contributed by atoms with Gasteiger partial charge in [0.05, 0.1) is 12.0 Å². The number of hydrogen-bond acceptors (Lipinski definition) is 3. The van der Waals surface area contributed by atoms with Crippen LogP contribution in [-0.2, 0) is 15.0 Å². The van der Waals surface area contributed by atoms with Crippen LogP contribution in [0.3, 0.4) is 0 Å². The van der Waals surface area contributed by atoms with Gasteiger partial charge in [-0.15, -0.1) is 0 Å². The van der Waals surface area contributed by atoms with Gasteiger partial charge >= 0.3 is 5.97 Å². The number of carbonyl (C=O) groups is 2. The number of carboxylic acid groups (broad SMARTS) is 1. The Balaban J connectivity index is 1.38. The fourth-order valence-electron chi connectivity index (χ4n) is 4.92. The standard InChI is InChI=1S/C22H29FN2O3/c23-19-6-2-1-5-18(19)22(9-3-4-10-22)21(28)24-16-11-17(12-16)25(14-20(26)27)13-15-7-8-15/h1-2,5-6,15-17H,3-4,7-14H2,(H,24,28)(H,26,27). The maximum absolute atomic E-state index is 14.5. The molecule has 3 aliphatic carbocycles. The zero-order valence-electron chi connectivity index (χ0n) is 16.2. The van der Waals surface area contributed by atoms with Gasteiger partial charge in [-0.1, -0.05) is 31.0 Å². The Morgan fingerprint density at radius 2 is 1.86 bits per heavy atom. The van der Waals surface area contributed by atoms with Gasteiger partial charge in [0.15, 0.2) is 0 Å². The summed E-state index contributed by atoms with van der Waals surface area (Å²) in [7, 11) is 0. The number of halogens is 1. The Morgan fingerprint density at radius 3 is 2.46 bits per heavy atom.